The van der Waals surface area contributed by atoms with Crippen molar-refractivity contribution in [1.29, 1.82) is 0 Å². The minimum Gasteiger partial charge on any atom is -0.484 e. The summed E-state index contributed by atoms with van der Waals surface area (Å²) < 4.78 is 30.7. The van der Waals surface area contributed by atoms with Crippen LogP contribution in [0, 0.1) is 6.92 Å². The SMILES string of the molecule is Cc1cc(NC(=O)COc2cccc(C(C)C)c2)n(C2CCS(=O)(=O)C2)n1. The molecular weight excluding hydrogens is 366 g/mol. The van der Waals surface area contributed by atoms with Gasteiger partial charge in [-0.1, -0.05) is 26.0 Å². The van der Waals surface area contributed by atoms with Crippen molar-refractivity contribution in [2.75, 3.05) is 23.4 Å². The topological polar surface area (TPSA) is 90.3 Å². The number of sulfone groups is 1. The maximum atomic E-state index is 12.3. The molecule has 0 aliphatic carbocycles. The van der Waals surface area contributed by atoms with E-state index in [-0.39, 0.29) is 30.1 Å². The van der Waals surface area contributed by atoms with E-state index in [1.165, 1.54) is 0 Å². The highest BCUT2D eigenvalue weighted by atomic mass is 32.2. The molecule has 2 heterocycles. The lowest BCUT2D eigenvalue weighted by molar-refractivity contribution is -0.118. The second-order valence-electron chi connectivity index (χ2n) is 7.24. The summed E-state index contributed by atoms with van der Waals surface area (Å²) in [7, 11) is -3.04. The second kappa shape index (κ2) is 7.72. The summed E-state index contributed by atoms with van der Waals surface area (Å²) in [5.74, 6) is 1.41. The zero-order valence-corrected chi connectivity index (χ0v) is 16.6. The number of nitrogens with one attached hydrogen (secondary N) is 1. The van der Waals surface area contributed by atoms with Crippen molar-refractivity contribution >= 4 is 21.6 Å². The highest BCUT2D eigenvalue weighted by Crippen LogP contribution is 2.27. The molecule has 1 N–H and O–H groups in total. The predicted octanol–water partition coefficient (Wildman–Crippen LogP) is 2.69. The van der Waals surface area contributed by atoms with Crippen LogP contribution in [0.4, 0.5) is 5.82 Å². The van der Waals surface area contributed by atoms with E-state index in [0.717, 1.165) is 11.3 Å². The third-order valence-electron chi connectivity index (χ3n) is 4.57. The zero-order valence-electron chi connectivity index (χ0n) is 15.8. The van der Waals surface area contributed by atoms with Gasteiger partial charge in [-0.2, -0.15) is 5.10 Å². The first-order valence-electron chi connectivity index (χ1n) is 9.03. The molecule has 8 heteroatoms. The monoisotopic (exact) mass is 391 g/mol. The minimum atomic E-state index is -3.04. The molecule has 0 saturated carbocycles. The Kier molecular flexibility index (Phi) is 5.55. The molecule has 1 aliphatic heterocycles. The van der Waals surface area contributed by atoms with Crippen molar-refractivity contribution in [2.45, 2.75) is 39.2 Å². The van der Waals surface area contributed by atoms with E-state index in [1.54, 1.807) is 10.7 Å². The molecule has 0 radical (unpaired) electrons. The Morgan fingerprint density at radius 1 is 1.37 bits per heavy atom. The van der Waals surface area contributed by atoms with Crippen LogP contribution in [-0.2, 0) is 14.6 Å². The molecule has 1 aromatic heterocycles. The lowest BCUT2D eigenvalue weighted by atomic mass is 10.0. The maximum Gasteiger partial charge on any atom is 0.263 e. The third-order valence-corrected chi connectivity index (χ3v) is 6.32. The zero-order chi connectivity index (χ0) is 19.6. The highest BCUT2D eigenvalue weighted by Gasteiger charge is 2.31. The molecule has 0 bridgehead atoms. The van der Waals surface area contributed by atoms with Crippen LogP contribution < -0.4 is 10.1 Å². The molecular formula is C19H25N3O4S. The summed E-state index contributed by atoms with van der Waals surface area (Å²) in [5.41, 5.74) is 1.87. The molecule has 3 rings (SSSR count). The van der Waals surface area contributed by atoms with Crippen LogP contribution in [0.15, 0.2) is 30.3 Å². The molecule has 1 amide bonds. The number of hydrogen-bond acceptors (Lipinski definition) is 5. The average molecular weight is 391 g/mol. The largest absolute Gasteiger partial charge is 0.484 e. The number of aryl methyl sites for hydroxylation is 1. The molecule has 27 heavy (non-hydrogen) atoms. The first kappa shape index (κ1) is 19.4. The fraction of sp³-hybridized carbons (Fsp3) is 0.474. The van der Waals surface area contributed by atoms with Gasteiger partial charge in [-0.15, -0.1) is 0 Å². The van der Waals surface area contributed by atoms with Crippen molar-refractivity contribution in [3.8, 4) is 5.75 Å². The third kappa shape index (κ3) is 4.88. The smallest absolute Gasteiger partial charge is 0.263 e. The second-order valence-corrected chi connectivity index (χ2v) is 9.47. The summed E-state index contributed by atoms with van der Waals surface area (Å²) >= 11 is 0. The Morgan fingerprint density at radius 3 is 2.81 bits per heavy atom. The summed E-state index contributed by atoms with van der Waals surface area (Å²) in [4.78, 5) is 12.3. The number of anilines is 1. The van der Waals surface area contributed by atoms with Gasteiger partial charge in [0.2, 0.25) is 0 Å². The number of carbonyl (C=O) groups is 1. The van der Waals surface area contributed by atoms with Gasteiger partial charge < -0.3 is 10.1 Å². The van der Waals surface area contributed by atoms with E-state index < -0.39 is 9.84 Å². The van der Waals surface area contributed by atoms with Gasteiger partial charge in [0.1, 0.15) is 11.6 Å². The predicted molar refractivity (Wildman–Crippen MR) is 104 cm³/mol. The van der Waals surface area contributed by atoms with Crippen molar-refractivity contribution in [2.24, 2.45) is 0 Å². The number of nitrogens with zero attached hydrogens (tertiary/aromatic N) is 2. The Bertz CT molecular complexity index is 934. The Morgan fingerprint density at radius 2 is 2.15 bits per heavy atom. The molecule has 1 aliphatic rings. The van der Waals surface area contributed by atoms with E-state index >= 15 is 0 Å². The van der Waals surface area contributed by atoms with Crippen molar-refractivity contribution < 1.29 is 17.9 Å². The van der Waals surface area contributed by atoms with Crippen LogP contribution in [-0.4, -0.2) is 42.2 Å². The maximum absolute atomic E-state index is 12.3. The number of aromatic nitrogens is 2. The van der Waals surface area contributed by atoms with E-state index in [4.69, 9.17) is 4.74 Å². The van der Waals surface area contributed by atoms with E-state index in [2.05, 4.69) is 24.3 Å². The quantitative estimate of drug-likeness (QED) is 0.818. The molecule has 0 spiro atoms. The highest BCUT2D eigenvalue weighted by molar-refractivity contribution is 7.91. The molecule has 1 saturated heterocycles. The van der Waals surface area contributed by atoms with Gasteiger partial charge in [-0.3, -0.25) is 4.79 Å². The average Bonchev–Trinajstić information content (AvgIpc) is 3.15. The van der Waals surface area contributed by atoms with Gasteiger partial charge in [0.05, 0.1) is 23.2 Å². The molecule has 1 unspecified atom stereocenters. The summed E-state index contributed by atoms with van der Waals surface area (Å²) in [6.45, 7) is 5.87. The van der Waals surface area contributed by atoms with Crippen molar-refractivity contribution in [1.82, 2.24) is 9.78 Å². The van der Waals surface area contributed by atoms with Gasteiger partial charge in [-0.05, 0) is 37.0 Å². The van der Waals surface area contributed by atoms with E-state index in [1.807, 2.05) is 31.2 Å². The van der Waals surface area contributed by atoms with Crippen LogP contribution in [0.25, 0.3) is 0 Å². The van der Waals surface area contributed by atoms with Crippen LogP contribution >= 0.6 is 0 Å². The Balaban J connectivity index is 1.64. The first-order chi connectivity index (χ1) is 12.7. The van der Waals surface area contributed by atoms with Crippen molar-refractivity contribution in [3.05, 3.63) is 41.6 Å². The van der Waals surface area contributed by atoms with Gasteiger partial charge in [0, 0.05) is 6.07 Å². The number of amides is 1. The van der Waals surface area contributed by atoms with E-state index in [0.29, 0.717) is 23.9 Å². The van der Waals surface area contributed by atoms with Crippen LogP contribution in [0.3, 0.4) is 0 Å². The molecule has 1 fully saturated rings. The first-order valence-corrected chi connectivity index (χ1v) is 10.8. The summed E-state index contributed by atoms with van der Waals surface area (Å²) in [6.07, 6.45) is 0.505. The molecule has 1 atom stereocenters. The van der Waals surface area contributed by atoms with Gasteiger partial charge >= 0.3 is 0 Å². The summed E-state index contributed by atoms with van der Waals surface area (Å²) in [6, 6.07) is 9.16. The lowest BCUT2D eigenvalue weighted by Crippen LogP contribution is -2.23. The van der Waals surface area contributed by atoms with Crippen LogP contribution in [0.2, 0.25) is 0 Å². The minimum absolute atomic E-state index is 0.0511. The number of rotatable bonds is 6. The molecule has 2 aromatic rings. The fourth-order valence-electron chi connectivity index (χ4n) is 3.15. The molecule has 146 valence electrons. The Hall–Kier alpha value is -2.35. The fourth-order valence-corrected chi connectivity index (χ4v) is 4.84. The van der Waals surface area contributed by atoms with Gasteiger partial charge in [0.15, 0.2) is 16.4 Å². The number of hydrogen-bond donors (Lipinski definition) is 1. The lowest BCUT2D eigenvalue weighted by Gasteiger charge is -2.14. The summed E-state index contributed by atoms with van der Waals surface area (Å²) in [5, 5.41) is 7.14. The standard InChI is InChI=1S/C19H25N3O4S/c1-13(2)15-5-4-6-17(10-15)26-11-19(23)20-18-9-14(3)21-22(18)16-7-8-27(24,25)12-16/h4-6,9-10,13,16H,7-8,11-12H2,1-3H3,(H,20,23). The van der Waals surface area contributed by atoms with E-state index in [9.17, 15) is 13.2 Å². The molecule has 7 nitrogen and oxygen atoms in total. The Labute approximate surface area is 159 Å². The van der Waals surface area contributed by atoms with Crippen LogP contribution in [0.1, 0.15) is 43.5 Å². The van der Waals surface area contributed by atoms with Gasteiger partial charge in [-0.25, -0.2) is 13.1 Å². The van der Waals surface area contributed by atoms with Gasteiger partial charge in [0.25, 0.3) is 5.91 Å². The van der Waals surface area contributed by atoms with Crippen LogP contribution in [0.5, 0.6) is 5.75 Å². The number of carbonyl (C=O) groups excluding carboxylic acids is 1. The number of ether oxygens (including phenoxy) is 1. The normalized spacial score (nSPS) is 18.6. The number of benzene rings is 1. The molecule has 1 aromatic carbocycles. The van der Waals surface area contributed by atoms with Crippen molar-refractivity contribution in [3.63, 3.8) is 0 Å².